The number of rotatable bonds is 4. The third kappa shape index (κ3) is 2.62. The average Bonchev–Trinajstić information content (AvgIpc) is 3.08. The van der Waals surface area contributed by atoms with Crippen molar-refractivity contribution in [3.05, 3.63) is 24.3 Å². The number of ether oxygens (including phenoxy) is 1. The summed E-state index contributed by atoms with van der Waals surface area (Å²) in [5.41, 5.74) is 0.744. The average molecular weight is 270 g/mol. The molecule has 0 radical (unpaired) electrons. The molecule has 1 aromatic carbocycles. The first kappa shape index (κ1) is 13.0. The van der Waals surface area contributed by atoms with Crippen LogP contribution < -0.4 is 10.1 Å². The summed E-state index contributed by atoms with van der Waals surface area (Å²) in [6.07, 6.45) is 4.77. The first-order chi connectivity index (χ1) is 9.76. The molecule has 1 N–H and O–H groups in total. The molecule has 0 aromatic heterocycles. The summed E-state index contributed by atoms with van der Waals surface area (Å²) in [4.78, 5) is 12.3. The third-order valence-electron chi connectivity index (χ3n) is 4.48. The van der Waals surface area contributed by atoms with Gasteiger partial charge in [0.15, 0.2) is 6.61 Å². The molecule has 104 valence electrons. The van der Waals surface area contributed by atoms with Crippen molar-refractivity contribution in [3.8, 4) is 11.8 Å². The zero-order valence-electron chi connectivity index (χ0n) is 11.3. The van der Waals surface area contributed by atoms with Gasteiger partial charge in [-0.15, -0.1) is 0 Å². The van der Waals surface area contributed by atoms with E-state index < -0.39 is 0 Å². The lowest BCUT2D eigenvalue weighted by molar-refractivity contribution is -0.121. The Labute approximate surface area is 118 Å². The quantitative estimate of drug-likeness (QED) is 0.915. The summed E-state index contributed by atoms with van der Waals surface area (Å²) < 4.78 is 5.24. The largest absolute Gasteiger partial charge is 0.479 e. The third-order valence-corrected chi connectivity index (χ3v) is 4.48. The number of hydrogen-bond acceptors (Lipinski definition) is 3. The van der Waals surface area contributed by atoms with Gasteiger partial charge < -0.3 is 10.1 Å². The van der Waals surface area contributed by atoms with Gasteiger partial charge in [0.1, 0.15) is 11.8 Å². The summed E-state index contributed by atoms with van der Waals surface area (Å²) in [6, 6.07) is 9.15. The second-order valence-electron chi connectivity index (χ2n) is 5.75. The number of nitrogens with zero attached hydrogens (tertiary/aromatic N) is 1. The Kier molecular flexibility index (Phi) is 3.60. The first-order valence-corrected chi connectivity index (χ1v) is 7.17. The maximum Gasteiger partial charge on any atom is 0.227 e. The van der Waals surface area contributed by atoms with Gasteiger partial charge in [-0.05, 0) is 43.2 Å². The highest BCUT2D eigenvalue weighted by Gasteiger charge is 2.42. The van der Waals surface area contributed by atoms with E-state index in [0.29, 0.717) is 11.7 Å². The predicted molar refractivity (Wildman–Crippen MR) is 75.1 cm³/mol. The van der Waals surface area contributed by atoms with Crippen molar-refractivity contribution in [2.45, 2.75) is 25.7 Å². The number of nitrogens with one attached hydrogen (secondary N) is 1. The van der Waals surface area contributed by atoms with E-state index in [1.165, 1.54) is 19.3 Å². The first-order valence-electron chi connectivity index (χ1n) is 7.17. The number of carbonyl (C=O) groups excluding carboxylic acids is 1. The van der Waals surface area contributed by atoms with Gasteiger partial charge in [0.05, 0.1) is 0 Å². The van der Waals surface area contributed by atoms with Crippen LogP contribution in [0.3, 0.4) is 0 Å². The lowest BCUT2D eigenvalue weighted by atomic mass is 9.88. The molecule has 4 heteroatoms. The second-order valence-corrected chi connectivity index (χ2v) is 5.75. The van der Waals surface area contributed by atoms with Crippen LogP contribution in [0, 0.1) is 29.1 Å². The van der Waals surface area contributed by atoms with E-state index in [4.69, 9.17) is 10.00 Å². The fourth-order valence-corrected chi connectivity index (χ4v) is 3.58. The lowest BCUT2D eigenvalue weighted by Crippen LogP contribution is -2.27. The van der Waals surface area contributed by atoms with Crippen molar-refractivity contribution < 1.29 is 9.53 Å². The molecule has 1 amide bonds. The maximum atomic E-state index is 12.3. The summed E-state index contributed by atoms with van der Waals surface area (Å²) in [5.74, 6) is 2.27. The van der Waals surface area contributed by atoms with Crippen LogP contribution in [0.15, 0.2) is 24.3 Å². The summed E-state index contributed by atoms with van der Waals surface area (Å²) >= 11 is 0. The predicted octanol–water partition coefficient (Wildman–Crippen LogP) is 2.96. The number of carbonyl (C=O) groups is 1. The molecule has 2 saturated carbocycles. The molecule has 20 heavy (non-hydrogen) atoms. The normalized spacial score (nSPS) is 27.1. The molecular weight excluding hydrogens is 252 g/mol. The fourth-order valence-electron chi connectivity index (χ4n) is 3.58. The Morgan fingerprint density at radius 3 is 3.00 bits per heavy atom. The van der Waals surface area contributed by atoms with Crippen LogP contribution in [0.2, 0.25) is 0 Å². The zero-order valence-corrected chi connectivity index (χ0v) is 11.3. The Hall–Kier alpha value is -2.02. The van der Waals surface area contributed by atoms with Gasteiger partial charge in [0.2, 0.25) is 5.91 Å². The number of nitriles is 1. The molecule has 3 rings (SSSR count). The molecule has 2 bridgehead atoms. The molecule has 0 saturated heterocycles. The van der Waals surface area contributed by atoms with Crippen LogP contribution in [0.25, 0.3) is 0 Å². The van der Waals surface area contributed by atoms with E-state index in [0.717, 1.165) is 18.0 Å². The van der Waals surface area contributed by atoms with E-state index in [1.807, 2.05) is 18.2 Å². The number of hydrogen-bond donors (Lipinski definition) is 1. The van der Waals surface area contributed by atoms with Crippen molar-refractivity contribution in [1.82, 2.24) is 0 Å². The monoisotopic (exact) mass is 270 g/mol. The number of fused-ring (bicyclic) bond motifs is 2. The lowest BCUT2D eigenvalue weighted by Gasteiger charge is -2.20. The van der Waals surface area contributed by atoms with Gasteiger partial charge in [-0.25, -0.2) is 0 Å². The van der Waals surface area contributed by atoms with Crippen LogP contribution >= 0.6 is 0 Å². The van der Waals surface area contributed by atoms with Crippen LogP contribution in [-0.4, -0.2) is 12.5 Å². The van der Waals surface area contributed by atoms with Crippen molar-refractivity contribution >= 4 is 11.6 Å². The Balaban J connectivity index is 1.62. The minimum atomic E-state index is 0.0176. The van der Waals surface area contributed by atoms with Gasteiger partial charge >= 0.3 is 0 Å². The molecule has 2 aliphatic rings. The minimum absolute atomic E-state index is 0.0176. The molecule has 0 spiro atoms. The molecular formula is C16H18N2O2. The van der Waals surface area contributed by atoms with Crippen LogP contribution in [-0.2, 0) is 4.79 Å². The van der Waals surface area contributed by atoms with Gasteiger partial charge in [-0.3, -0.25) is 4.79 Å². The highest BCUT2D eigenvalue weighted by atomic mass is 16.5. The van der Waals surface area contributed by atoms with Crippen molar-refractivity contribution in [3.63, 3.8) is 0 Å². The van der Waals surface area contributed by atoms with Gasteiger partial charge in [0, 0.05) is 17.7 Å². The van der Waals surface area contributed by atoms with Gasteiger partial charge in [-0.2, -0.15) is 5.26 Å². The Bertz CT molecular complexity index is 550. The van der Waals surface area contributed by atoms with Crippen LogP contribution in [0.4, 0.5) is 5.69 Å². The van der Waals surface area contributed by atoms with E-state index in [-0.39, 0.29) is 18.4 Å². The number of anilines is 1. The smallest absolute Gasteiger partial charge is 0.227 e. The van der Waals surface area contributed by atoms with E-state index in [1.54, 1.807) is 12.1 Å². The van der Waals surface area contributed by atoms with Crippen LogP contribution in [0.5, 0.6) is 5.75 Å². The molecule has 2 aliphatic carbocycles. The molecule has 0 heterocycles. The molecule has 3 atom stereocenters. The van der Waals surface area contributed by atoms with Crippen molar-refractivity contribution in [2.24, 2.45) is 17.8 Å². The van der Waals surface area contributed by atoms with Crippen molar-refractivity contribution in [2.75, 3.05) is 11.9 Å². The van der Waals surface area contributed by atoms with E-state index >= 15 is 0 Å². The van der Waals surface area contributed by atoms with Crippen LogP contribution in [0.1, 0.15) is 25.7 Å². The second kappa shape index (κ2) is 5.54. The van der Waals surface area contributed by atoms with Gasteiger partial charge in [0.25, 0.3) is 0 Å². The van der Waals surface area contributed by atoms with Crippen molar-refractivity contribution in [1.29, 1.82) is 5.26 Å². The molecule has 3 unspecified atom stereocenters. The Morgan fingerprint density at radius 2 is 2.30 bits per heavy atom. The standard InChI is InChI=1S/C16H18N2O2/c17-6-7-20-14-3-1-2-13(10-14)18-16(19)15-9-11-4-5-12(15)8-11/h1-3,10-12,15H,4-5,7-9H2,(H,18,19). The summed E-state index contributed by atoms with van der Waals surface area (Å²) in [7, 11) is 0. The highest BCUT2D eigenvalue weighted by Crippen LogP contribution is 2.48. The SMILES string of the molecule is N#CCOc1cccc(NC(=O)C2CC3CCC2C3)c1. The maximum absolute atomic E-state index is 12.3. The molecule has 2 fully saturated rings. The minimum Gasteiger partial charge on any atom is -0.479 e. The topological polar surface area (TPSA) is 62.1 Å². The van der Waals surface area contributed by atoms with Gasteiger partial charge in [-0.1, -0.05) is 12.5 Å². The summed E-state index contributed by atoms with van der Waals surface area (Å²) in [5, 5.41) is 11.5. The van der Waals surface area contributed by atoms with E-state index in [2.05, 4.69) is 5.32 Å². The Morgan fingerprint density at radius 1 is 1.40 bits per heavy atom. The van der Waals surface area contributed by atoms with E-state index in [9.17, 15) is 4.79 Å². The highest BCUT2D eigenvalue weighted by molar-refractivity contribution is 5.93. The number of amides is 1. The summed E-state index contributed by atoms with van der Waals surface area (Å²) in [6.45, 7) is 0.0176. The zero-order chi connectivity index (χ0) is 13.9. The molecule has 4 nitrogen and oxygen atoms in total. The molecule has 1 aromatic rings. The molecule has 0 aliphatic heterocycles. The number of benzene rings is 1. The fraction of sp³-hybridized carbons (Fsp3) is 0.500.